The number of carbonyl (C=O) groups is 1. The third kappa shape index (κ3) is 5.31. The maximum Gasteiger partial charge on any atom is 0.269 e. The number of nitrogens with one attached hydrogen (secondary N) is 3. The first-order valence-corrected chi connectivity index (χ1v) is 12.1. The number of thiazole rings is 2. The number of hydrogen-bond donors (Lipinski definition) is 4. The molecule has 166 valence electrons. The summed E-state index contributed by atoms with van der Waals surface area (Å²) in [5, 5.41) is 18.6. The van der Waals surface area contributed by atoms with Gasteiger partial charge in [0.25, 0.3) is 5.91 Å². The number of amides is 1. The maximum atomic E-state index is 12.8. The lowest BCUT2D eigenvalue weighted by molar-refractivity contribution is 0.103. The summed E-state index contributed by atoms with van der Waals surface area (Å²) in [6, 6.07) is 7.84. The van der Waals surface area contributed by atoms with Gasteiger partial charge in [-0.1, -0.05) is 36.9 Å². The molecule has 7 nitrogen and oxygen atoms in total. The standard InChI is InChI=1S/C23H25N5O2S2/c1-14(28-30)5-6-16-7-9-17(10-8-16)19-13-31-23(26-19)27-21(29)20-15(2)25-22(32-20)18-4-3-11-24-12-18/h5-10,13,18,24,28,30H,1,3-4,11-12H2,2H3,(H,26,27,29)/b6-5+. The zero-order valence-electron chi connectivity index (χ0n) is 17.7. The highest BCUT2D eigenvalue weighted by Crippen LogP contribution is 2.31. The number of aromatic nitrogens is 2. The monoisotopic (exact) mass is 467 g/mol. The Kier molecular flexibility index (Phi) is 7.11. The average Bonchev–Trinajstić information content (AvgIpc) is 3.45. The van der Waals surface area contributed by atoms with Crippen molar-refractivity contribution < 1.29 is 10.0 Å². The van der Waals surface area contributed by atoms with E-state index in [2.05, 4.69) is 27.2 Å². The van der Waals surface area contributed by atoms with Crippen LogP contribution >= 0.6 is 22.7 Å². The minimum atomic E-state index is -0.158. The normalized spacial score (nSPS) is 16.2. The molecule has 3 heterocycles. The van der Waals surface area contributed by atoms with Gasteiger partial charge in [0.05, 0.1) is 22.1 Å². The number of nitrogens with zero attached hydrogens (tertiary/aromatic N) is 2. The Morgan fingerprint density at radius 2 is 2.12 bits per heavy atom. The van der Waals surface area contributed by atoms with Gasteiger partial charge in [-0.25, -0.2) is 9.97 Å². The van der Waals surface area contributed by atoms with Gasteiger partial charge in [-0.2, -0.15) is 0 Å². The lowest BCUT2D eigenvalue weighted by atomic mass is 10.0. The Labute approximate surface area is 194 Å². The molecule has 32 heavy (non-hydrogen) atoms. The fraction of sp³-hybridized carbons (Fsp3) is 0.261. The highest BCUT2D eigenvalue weighted by molar-refractivity contribution is 7.15. The minimum absolute atomic E-state index is 0.158. The minimum Gasteiger partial charge on any atom is -0.316 e. The molecule has 0 saturated carbocycles. The van der Waals surface area contributed by atoms with E-state index in [1.807, 2.05) is 48.1 Å². The van der Waals surface area contributed by atoms with E-state index in [0.717, 1.165) is 53.5 Å². The maximum absolute atomic E-state index is 12.8. The molecule has 2 aromatic heterocycles. The lowest BCUT2D eigenvalue weighted by Gasteiger charge is -2.20. The van der Waals surface area contributed by atoms with Crippen molar-refractivity contribution >= 4 is 39.8 Å². The van der Waals surface area contributed by atoms with Gasteiger partial charge in [-0.15, -0.1) is 22.7 Å². The number of benzene rings is 1. The Bertz CT molecular complexity index is 1130. The number of allylic oxidation sites excluding steroid dienone is 1. The molecule has 1 amide bonds. The summed E-state index contributed by atoms with van der Waals surface area (Å²) in [4.78, 5) is 22.7. The van der Waals surface area contributed by atoms with Crippen molar-refractivity contribution in [1.82, 2.24) is 20.8 Å². The largest absolute Gasteiger partial charge is 0.316 e. The first-order chi connectivity index (χ1) is 15.5. The number of anilines is 1. The van der Waals surface area contributed by atoms with Crippen LogP contribution in [0.5, 0.6) is 0 Å². The van der Waals surface area contributed by atoms with Gasteiger partial charge in [-0.05, 0) is 37.9 Å². The third-order valence-electron chi connectivity index (χ3n) is 5.22. The van der Waals surface area contributed by atoms with E-state index in [-0.39, 0.29) is 5.91 Å². The molecular formula is C23H25N5O2S2. The molecular weight excluding hydrogens is 442 g/mol. The van der Waals surface area contributed by atoms with Gasteiger partial charge in [0.2, 0.25) is 0 Å². The molecule has 1 aromatic carbocycles. The van der Waals surface area contributed by atoms with E-state index >= 15 is 0 Å². The van der Waals surface area contributed by atoms with Gasteiger partial charge in [0.1, 0.15) is 4.88 Å². The summed E-state index contributed by atoms with van der Waals surface area (Å²) in [7, 11) is 0. The smallest absolute Gasteiger partial charge is 0.269 e. The van der Waals surface area contributed by atoms with Crippen molar-refractivity contribution in [1.29, 1.82) is 0 Å². The molecule has 4 N–H and O–H groups in total. The SMILES string of the molecule is C=C(/C=C/c1ccc(-c2csc(NC(=O)c3sc(C4CCCNC4)nc3C)n2)cc1)NO. The average molecular weight is 468 g/mol. The fourth-order valence-electron chi connectivity index (χ4n) is 3.48. The third-order valence-corrected chi connectivity index (χ3v) is 7.29. The molecule has 1 fully saturated rings. The molecule has 1 aliphatic rings. The Hall–Kier alpha value is -2.85. The van der Waals surface area contributed by atoms with Crippen LogP contribution in [0.25, 0.3) is 17.3 Å². The van der Waals surface area contributed by atoms with Crippen molar-refractivity contribution in [3.05, 3.63) is 69.1 Å². The molecule has 1 atom stereocenters. The molecule has 9 heteroatoms. The first kappa shape index (κ1) is 22.3. The molecule has 0 bridgehead atoms. The van der Waals surface area contributed by atoms with Gasteiger partial charge >= 0.3 is 0 Å². The van der Waals surface area contributed by atoms with Crippen LogP contribution in [0.4, 0.5) is 5.13 Å². The van der Waals surface area contributed by atoms with Gasteiger partial charge in [0.15, 0.2) is 5.13 Å². The van der Waals surface area contributed by atoms with Crippen molar-refractivity contribution in [2.75, 3.05) is 18.4 Å². The van der Waals surface area contributed by atoms with Crippen LogP contribution in [0, 0.1) is 6.92 Å². The molecule has 0 aliphatic carbocycles. The number of carbonyl (C=O) groups excluding carboxylic acids is 1. The number of aryl methyl sites for hydroxylation is 1. The lowest BCUT2D eigenvalue weighted by Crippen LogP contribution is -2.28. The van der Waals surface area contributed by atoms with E-state index in [1.54, 1.807) is 6.08 Å². The van der Waals surface area contributed by atoms with E-state index in [9.17, 15) is 4.79 Å². The Balaban J connectivity index is 1.42. The predicted octanol–water partition coefficient (Wildman–Crippen LogP) is 4.80. The summed E-state index contributed by atoms with van der Waals surface area (Å²) >= 11 is 2.89. The second kappa shape index (κ2) is 10.2. The first-order valence-electron chi connectivity index (χ1n) is 10.4. The number of hydrogen-bond acceptors (Lipinski definition) is 8. The zero-order valence-corrected chi connectivity index (χ0v) is 19.4. The van der Waals surface area contributed by atoms with Crippen molar-refractivity contribution in [2.24, 2.45) is 0 Å². The number of hydroxylamine groups is 1. The van der Waals surface area contributed by atoms with Crippen LogP contribution < -0.4 is 16.1 Å². The van der Waals surface area contributed by atoms with Crippen LogP contribution in [-0.4, -0.2) is 34.2 Å². The van der Waals surface area contributed by atoms with E-state index in [0.29, 0.717) is 21.6 Å². The fourth-order valence-corrected chi connectivity index (χ4v) is 5.29. The molecule has 1 aliphatic heterocycles. The summed E-state index contributed by atoms with van der Waals surface area (Å²) < 4.78 is 0. The van der Waals surface area contributed by atoms with Gasteiger partial charge in [-0.3, -0.25) is 20.8 Å². The summed E-state index contributed by atoms with van der Waals surface area (Å²) in [5.74, 6) is 0.227. The molecule has 0 spiro atoms. The summed E-state index contributed by atoms with van der Waals surface area (Å²) in [6.45, 7) is 7.50. The van der Waals surface area contributed by atoms with Crippen LogP contribution in [0.15, 0.2) is 48.0 Å². The zero-order chi connectivity index (χ0) is 22.5. The highest BCUT2D eigenvalue weighted by atomic mass is 32.1. The van der Waals surface area contributed by atoms with Crippen LogP contribution in [0.2, 0.25) is 0 Å². The molecule has 0 radical (unpaired) electrons. The second-order valence-electron chi connectivity index (χ2n) is 7.59. The van der Waals surface area contributed by atoms with Crippen molar-refractivity contribution in [2.45, 2.75) is 25.7 Å². The Morgan fingerprint density at radius 1 is 1.31 bits per heavy atom. The second-order valence-corrected chi connectivity index (χ2v) is 9.48. The molecule has 1 unspecified atom stereocenters. The van der Waals surface area contributed by atoms with E-state index in [1.165, 1.54) is 22.7 Å². The highest BCUT2D eigenvalue weighted by Gasteiger charge is 2.23. The van der Waals surface area contributed by atoms with E-state index in [4.69, 9.17) is 5.21 Å². The summed E-state index contributed by atoms with van der Waals surface area (Å²) in [6.07, 6.45) is 5.78. The predicted molar refractivity (Wildman–Crippen MR) is 130 cm³/mol. The van der Waals surface area contributed by atoms with Crippen LogP contribution in [-0.2, 0) is 0 Å². The van der Waals surface area contributed by atoms with Crippen molar-refractivity contribution in [3.8, 4) is 11.3 Å². The topological polar surface area (TPSA) is 99.2 Å². The van der Waals surface area contributed by atoms with Gasteiger partial charge < -0.3 is 5.32 Å². The van der Waals surface area contributed by atoms with Crippen LogP contribution in [0.1, 0.15) is 44.7 Å². The Morgan fingerprint density at radius 3 is 2.84 bits per heavy atom. The van der Waals surface area contributed by atoms with E-state index < -0.39 is 0 Å². The number of rotatable bonds is 7. The summed E-state index contributed by atoms with van der Waals surface area (Å²) in [5.41, 5.74) is 5.91. The van der Waals surface area contributed by atoms with Crippen LogP contribution in [0.3, 0.4) is 0 Å². The number of piperidine rings is 1. The van der Waals surface area contributed by atoms with Gasteiger partial charge in [0, 0.05) is 23.4 Å². The molecule has 4 rings (SSSR count). The van der Waals surface area contributed by atoms with Crippen molar-refractivity contribution in [3.63, 3.8) is 0 Å². The quantitative estimate of drug-likeness (QED) is 0.294. The molecule has 1 saturated heterocycles. The molecule has 3 aromatic rings.